The highest BCUT2D eigenvalue weighted by molar-refractivity contribution is 7.92. The molecule has 160 valence electrons. The molecule has 0 bridgehead atoms. The lowest BCUT2D eigenvalue weighted by Gasteiger charge is -2.30. The minimum absolute atomic E-state index is 0.0542. The van der Waals surface area contributed by atoms with E-state index in [1.54, 1.807) is 49.4 Å². The fraction of sp³-hybridized carbons (Fsp3) is 0.208. The van der Waals surface area contributed by atoms with E-state index in [4.69, 9.17) is 4.74 Å². The van der Waals surface area contributed by atoms with Crippen molar-refractivity contribution >= 4 is 27.3 Å². The molecule has 1 N–H and O–H groups in total. The summed E-state index contributed by atoms with van der Waals surface area (Å²) in [6.07, 6.45) is 1.48. The molecule has 31 heavy (non-hydrogen) atoms. The molecule has 3 aromatic carbocycles. The normalized spacial score (nSPS) is 13.4. The van der Waals surface area contributed by atoms with E-state index in [9.17, 15) is 13.2 Å². The number of aryl methyl sites for hydroxylation is 1. The van der Waals surface area contributed by atoms with Crippen molar-refractivity contribution in [2.45, 2.75) is 19.8 Å². The van der Waals surface area contributed by atoms with E-state index in [1.807, 2.05) is 30.3 Å². The zero-order valence-electron chi connectivity index (χ0n) is 17.2. The Balaban J connectivity index is 1.47. The molecule has 1 aliphatic rings. The van der Waals surface area contributed by atoms with Crippen molar-refractivity contribution in [1.82, 2.24) is 0 Å². The van der Waals surface area contributed by atoms with Crippen molar-refractivity contribution in [2.24, 2.45) is 0 Å². The minimum Gasteiger partial charge on any atom is -0.457 e. The molecule has 1 heterocycles. The summed E-state index contributed by atoms with van der Waals surface area (Å²) < 4.78 is 31.9. The van der Waals surface area contributed by atoms with Gasteiger partial charge in [-0.15, -0.1) is 0 Å². The summed E-state index contributed by atoms with van der Waals surface area (Å²) in [5.41, 5.74) is 2.70. The zero-order chi connectivity index (χ0) is 21.8. The highest BCUT2D eigenvalue weighted by Crippen LogP contribution is 2.31. The zero-order valence-corrected chi connectivity index (χ0v) is 18.1. The molecule has 0 spiro atoms. The maximum atomic E-state index is 12.7. The molecule has 0 saturated heterocycles. The lowest BCUT2D eigenvalue weighted by molar-refractivity contribution is 0.102. The maximum absolute atomic E-state index is 12.7. The number of benzene rings is 3. The van der Waals surface area contributed by atoms with E-state index in [0.717, 1.165) is 24.2 Å². The lowest BCUT2D eigenvalue weighted by Crippen LogP contribution is -2.36. The fourth-order valence-electron chi connectivity index (χ4n) is 3.58. The van der Waals surface area contributed by atoms with Crippen LogP contribution in [0.3, 0.4) is 0 Å². The second-order valence-corrected chi connectivity index (χ2v) is 9.50. The highest BCUT2D eigenvalue weighted by Gasteiger charge is 2.26. The van der Waals surface area contributed by atoms with Crippen LogP contribution in [0.4, 0.5) is 11.4 Å². The number of para-hydroxylation sites is 1. The Labute approximate surface area is 182 Å². The standard InChI is InChI=1S/C24H24N2O4S/c1-2-31(28,29)26-16-6-7-18-17-19(10-15-23(18)26)24(27)25-20-11-13-22(14-12-20)30-21-8-4-3-5-9-21/h3-5,8-15,17H,2,6-7,16H2,1H3,(H,25,27). The van der Waals surface area contributed by atoms with Crippen molar-refractivity contribution in [3.8, 4) is 11.5 Å². The van der Waals surface area contributed by atoms with Gasteiger partial charge in [-0.25, -0.2) is 8.42 Å². The summed E-state index contributed by atoms with van der Waals surface area (Å²) in [6.45, 7) is 2.12. The van der Waals surface area contributed by atoms with E-state index >= 15 is 0 Å². The molecule has 6 nitrogen and oxygen atoms in total. The number of sulfonamides is 1. The molecule has 0 atom stereocenters. The van der Waals surface area contributed by atoms with Crippen molar-refractivity contribution in [2.75, 3.05) is 21.9 Å². The summed E-state index contributed by atoms with van der Waals surface area (Å²) in [4.78, 5) is 12.7. The largest absolute Gasteiger partial charge is 0.457 e. The Morgan fingerprint density at radius 3 is 2.42 bits per heavy atom. The molecule has 1 amide bonds. The molecule has 3 aromatic rings. The third-order valence-corrected chi connectivity index (χ3v) is 6.99. The van der Waals surface area contributed by atoms with Gasteiger partial charge in [0.25, 0.3) is 5.91 Å². The molecule has 7 heteroatoms. The van der Waals surface area contributed by atoms with Crippen LogP contribution in [0.2, 0.25) is 0 Å². The van der Waals surface area contributed by atoms with Crippen molar-refractivity contribution in [3.63, 3.8) is 0 Å². The molecule has 0 aromatic heterocycles. The summed E-state index contributed by atoms with van der Waals surface area (Å²) in [5, 5.41) is 2.88. The summed E-state index contributed by atoms with van der Waals surface area (Å²) in [7, 11) is -3.32. The van der Waals surface area contributed by atoms with Gasteiger partial charge < -0.3 is 10.1 Å². The molecule has 0 fully saturated rings. The van der Waals surface area contributed by atoms with Crippen LogP contribution in [0.5, 0.6) is 11.5 Å². The first-order valence-corrected chi connectivity index (χ1v) is 11.8. The molecule has 4 rings (SSSR count). The second-order valence-electron chi connectivity index (χ2n) is 7.31. The lowest BCUT2D eigenvalue weighted by atomic mass is 10.0. The van der Waals surface area contributed by atoms with Crippen LogP contribution >= 0.6 is 0 Å². The molecule has 0 saturated carbocycles. The summed E-state index contributed by atoms with van der Waals surface area (Å²) >= 11 is 0. The van der Waals surface area contributed by atoms with Gasteiger partial charge in [-0.1, -0.05) is 18.2 Å². The van der Waals surface area contributed by atoms with Crippen LogP contribution in [0.25, 0.3) is 0 Å². The van der Waals surface area contributed by atoms with Crippen molar-refractivity contribution in [3.05, 3.63) is 83.9 Å². The topological polar surface area (TPSA) is 75.7 Å². The van der Waals surface area contributed by atoms with Gasteiger partial charge in [0.2, 0.25) is 10.0 Å². The molecule has 1 aliphatic heterocycles. The number of fused-ring (bicyclic) bond motifs is 1. The van der Waals surface area contributed by atoms with Gasteiger partial charge >= 0.3 is 0 Å². The molecule has 0 radical (unpaired) electrons. The van der Waals surface area contributed by atoms with E-state index < -0.39 is 10.0 Å². The number of ether oxygens (including phenoxy) is 1. The fourth-order valence-corrected chi connectivity index (χ4v) is 4.78. The van der Waals surface area contributed by atoms with Gasteiger partial charge in [0.1, 0.15) is 11.5 Å². The number of hydrogen-bond donors (Lipinski definition) is 1. The third kappa shape index (κ3) is 4.72. The van der Waals surface area contributed by atoms with Crippen LogP contribution in [-0.4, -0.2) is 26.6 Å². The first-order valence-electron chi connectivity index (χ1n) is 10.2. The van der Waals surface area contributed by atoms with Crippen molar-refractivity contribution in [1.29, 1.82) is 0 Å². The number of nitrogens with zero attached hydrogens (tertiary/aromatic N) is 1. The van der Waals surface area contributed by atoms with Gasteiger partial charge in [-0.2, -0.15) is 0 Å². The number of carbonyl (C=O) groups excluding carboxylic acids is 1. The third-order valence-electron chi connectivity index (χ3n) is 5.21. The van der Waals surface area contributed by atoms with Gasteiger partial charge in [0.15, 0.2) is 0 Å². The summed E-state index contributed by atoms with van der Waals surface area (Å²) in [6, 6.07) is 21.8. The number of hydrogen-bond acceptors (Lipinski definition) is 4. The second kappa shape index (κ2) is 8.81. The molecule has 0 aliphatic carbocycles. The first kappa shape index (κ1) is 20.9. The average molecular weight is 437 g/mol. The van der Waals surface area contributed by atoms with Gasteiger partial charge in [0.05, 0.1) is 11.4 Å². The van der Waals surface area contributed by atoms with Crippen LogP contribution < -0.4 is 14.4 Å². The van der Waals surface area contributed by atoms with Crippen LogP contribution in [0.15, 0.2) is 72.8 Å². The smallest absolute Gasteiger partial charge is 0.255 e. The Morgan fingerprint density at radius 1 is 1.00 bits per heavy atom. The van der Waals surface area contributed by atoms with Crippen molar-refractivity contribution < 1.29 is 17.9 Å². The Kier molecular flexibility index (Phi) is 5.95. The molecule has 0 unspecified atom stereocenters. The maximum Gasteiger partial charge on any atom is 0.255 e. The predicted molar refractivity (Wildman–Crippen MR) is 122 cm³/mol. The Morgan fingerprint density at radius 2 is 1.71 bits per heavy atom. The van der Waals surface area contributed by atoms with Crippen LogP contribution in [0, 0.1) is 0 Å². The van der Waals surface area contributed by atoms with Gasteiger partial charge in [0, 0.05) is 17.8 Å². The summed E-state index contributed by atoms with van der Waals surface area (Å²) in [5.74, 6) is 1.23. The monoisotopic (exact) mass is 436 g/mol. The van der Waals surface area contributed by atoms with Crippen LogP contribution in [0.1, 0.15) is 29.3 Å². The average Bonchev–Trinajstić information content (AvgIpc) is 2.80. The van der Waals surface area contributed by atoms with E-state index in [1.165, 1.54) is 4.31 Å². The number of amides is 1. The number of rotatable bonds is 6. The van der Waals surface area contributed by atoms with Crippen LogP contribution in [-0.2, 0) is 16.4 Å². The van der Waals surface area contributed by atoms with E-state index in [0.29, 0.717) is 29.2 Å². The van der Waals surface area contributed by atoms with E-state index in [2.05, 4.69) is 5.32 Å². The van der Waals surface area contributed by atoms with Gasteiger partial charge in [-0.3, -0.25) is 9.10 Å². The molecular formula is C24H24N2O4S. The minimum atomic E-state index is -3.32. The predicted octanol–water partition coefficient (Wildman–Crippen LogP) is 4.83. The molecular weight excluding hydrogens is 412 g/mol. The highest BCUT2D eigenvalue weighted by atomic mass is 32.2. The number of nitrogens with one attached hydrogen (secondary N) is 1. The Hall–Kier alpha value is -3.32. The number of anilines is 2. The quantitative estimate of drug-likeness (QED) is 0.600. The first-order chi connectivity index (χ1) is 15.0. The van der Waals surface area contributed by atoms with Gasteiger partial charge in [-0.05, 0) is 79.9 Å². The SMILES string of the molecule is CCS(=O)(=O)N1CCCc2cc(C(=O)Nc3ccc(Oc4ccccc4)cc3)ccc21. The number of carbonyl (C=O) groups is 1. The Bertz CT molecular complexity index is 1180. The van der Waals surface area contributed by atoms with E-state index in [-0.39, 0.29) is 11.7 Å².